The highest BCUT2D eigenvalue weighted by atomic mass is 19.1. The summed E-state index contributed by atoms with van der Waals surface area (Å²) in [6.07, 6.45) is 2.08. The molecule has 1 aliphatic rings. The van der Waals surface area contributed by atoms with Gasteiger partial charge in [0.2, 0.25) is 0 Å². The number of hydrogen-bond acceptors (Lipinski definition) is 4. The third-order valence-electron chi connectivity index (χ3n) is 3.20. The lowest BCUT2D eigenvalue weighted by Gasteiger charge is -2.06. The summed E-state index contributed by atoms with van der Waals surface area (Å²) >= 11 is 0. The van der Waals surface area contributed by atoms with Crippen LogP contribution < -0.4 is 10.6 Å². The molecule has 1 saturated carbocycles. The van der Waals surface area contributed by atoms with E-state index in [0.717, 1.165) is 18.4 Å². The Balaban J connectivity index is 1.56. The van der Waals surface area contributed by atoms with E-state index >= 15 is 0 Å². The van der Waals surface area contributed by atoms with Crippen LogP contribution in [-0.2, 0) is 6.54 Å². The predicted molar refractivity (Wildman–Crippen MR) is 76.2 cm³/mol. The first kappa shape index (κ1) is 13.5. The minimum atomic E-state index is -0.260. The molecule has 21 heavy (non-hydrogen) atoms. The van der Waals surface area contributed by atoms with Crippen LogP contribution in [0.1, 0.15) is 28.9 Å². The number of carbonyl (C=O) groups is 1. The highest BCUT2D eigenvalue weighted by Crippen LogP contribution is 2.19. The van der Waals surface area contributed by atoms with Crippen LogP contribution in [0.4, 0.5) is 10.2 Å². The SMILES string of the molecule is O=C(NC1CC1)c1ccc(NCc2ccc(F)cc2)nn1. The molecule has 1 heterocycles. The molecule has 1 aliphatic carbocycles. The van der Waals surface area contributed by atoms with Crippen molar-refractivity contribution in [3.63, 3.8) is 0 Å². The Morgan fingerprint density at radius 1 is 1.14 bits per heavy atom. The lowest BCUT2D eigenvalue weighted by atomic mass is 10.2. The minimum Gasteiger partial charge on any atom is -0.365 e. The highest BCUT2D eigenvalue weighted by Gasteiger charge is 2.24. The number of nitrogens with one attached hydrogen (secondary N) is 2. The van der Waals surface area contributed by atoms with E-state index < -0.39 is 0 Å². The monoisotopic (exact) mass is 286 g/mol. The van der Waals surface area contributed by atoms with E-state index in [1.165, 1.54) is 12.1 Å². The van der Waals surface area contributed by atoms with Gasteiger partial charge >= 0.3 is 0 Å². The van der Waals surface area contributed by atoms with Gasteiger partial charge in [-0.3, -0.25) is 4.79 Å². The molecule has 6 heteroatoms. The van der Waals surface area contributed by atoms with Crippen molar-refractivity contribution < 1.29 is 9.18 Å². The standard InChI is InChI=1S/C15H15FN4O/c16-11-3-1-10(2-4-11)9-17-14-8-7-13(19-20-14)15(21)18-12-5-6-12/h1-4,7-8,12H,5-6,9H2,(H,17,20)(H,18,21). The largest absolute Gasteiger partial charge is 0.365 e. The van der Waals surface area contributed by atoms with Crippen LogP contribution in [0.5, 0.6) is 0 Å². The summed E-state index contributed by atoms with van der Waals surface area (Å²) in [5, 5.41) is 13.8. The number of carbonyl (C=O) groups excluding carboxylic acids is 1. The van der Waals surface area contributed by atoms with Gasteiger partial charge in [-0.25, -0.2) is 4.39 Å². The zero-order valence-corrected chi connectivity index (χ0v) is 11.3. The van der Waals surface area contributed by atoms with Gasteiger partial charge in [-0.1, -0.05) is 12.1 Å². The smallest absolute Gasteiger partial charge is 0.272 e. The van der Waals surface area contributed by atoms with Gasteiger partial charge in [0.1, 0.15) is 11.6 Å². The number of rotatable bonds is 5. The summed E-state index contributed by atoms with van der Waals surface area (Å²) in [5.74, 6) is 0.127. The van der Waals surface area contributed by atoms with Crippen molar-refractivity contribution in [1.82, 2.24) is 15.5 Å². The van der Waals surface area contributed by atoms with Crippen LogP contribution in [0.2, 0.25) is 0 Å². The first-order valence-corrected chi connectivity index (χ1v) is 6.83. The quantitative estimate of drug-likeness (QED) is 0.883. The summed E-state index contributed by atoms with van der Waals surface area (Å²) in [4.78, 5) is 11.7. The molecule has 5 nitrogen and oxygen atoms in total. The maximum atomic E-state index is 12.8. The van der Waals surface area contributed by atoms with Crippen molar-refractivity contribution >= 4 is 11.7 Å². The summed E-state index contributed by atoms with van der Waals surface area (Å²) in [6.45, 7) is 0.516. The Labute approximate surface area is 121 Å². The number of hydrogen-bond donors (Lipinski definition) is 2. The van der Waals surface area contributed by atoms with Crippen molar-refractivity contribution in [2.75, 3.05) is 5.32 Å². The molecule has 3 rings (SSSR count). The summed E-state index contributed by atoms with van der Waals surface area (Å²) in [7, 11) is 0. The van der Waals surface area contributed by atoms with Crippen LogP contribution >= 0.6 is 0 Å². The third kappa shape index (κ3) is 3.75. The molecule has 1 aromatic heterocycles. The molecule has 0 aliphatic heterocycles. The van der Waals surface area contributed by atoms with Crippen molar-refractivity contribution in [1.29, 1.82) is 0 Å². The molecule has 0 unspecified atom stereocenters. The van der Waals surface area contributed by atoms with Gasteiger partial charge in [-0.05, 0) is 42.7 Å². The van der Waals surface area contributed by atoms with Gasteiger partial charge in [0, 0.05) is 12.6 Å². The number of anilines is 1. The van der Waals surface area contributed by atoms with Crippen molar-refractivity contribution in [2.24, 2.45) is 0 Å². The summed E-state index contributed by atoms with van der Waals surface area (Å²) in [6, 6.07) is 9.87. The van der Waals surface area contributed by atoms with Crippen LogP contribution in [-0.4, -0.2) is 22.1 Å². The lowest BCUT2D eigenvalue weighted by molar-refractivity contribution is 0.0945. The first-order valence-electron chi connectivity index (χ1n) is 6.83. The number of benzene rings is 1. The average molecular weight is 286 g/mol. The second-order valence-corrected chi connectivity index (χ2v) is 5.03. The van der Waals surface area contributed by atoms with E-state index in [-0.39, 0.29) is 11.7 Å². The van der Waals surface area contributed by atoms with Gasteiger partial charge < -0.3 is 10.6 Å². The van der Waals surface area contributed by atoms with Crippen LogP contribution in [0.25, 0.3) is 0 Å². The number of aromatic nitrogens is 2. The number of halogens is 1. The lowest BCUT2D eigenvalue weighted by Crippen LogP contribution is -2.26. The fourth-order valence-electron chi connectivity index (χ4n) is 1.83. The molecule has 0 saturated heterocycles. The van der Waals surface area contributed by atoms with Gasteiger partial charge in [0.05, 0.1) is 0 Å². The third-order valence-corrected chi connectivity index (χ3v) is 3.20. The van der Waals surface area contributed by atoms with Gasteiger partial charge in [-0.2, -0.15) is 0 Å². The second-order valence-electron chi connectivity index (χ2n) is 5.03. The number of amides is 1. The Morgan fingerprint density at radius 2 is 1.90 bits per heavy atom. The van der Waals surface area contributed by atoms with E-state index in [0.29, 0.717) is 24.1 Å². The average Bonchev–Trinajstić information content (AvgIpc) is 3.31. The molecule has 2 N–H and O–H groups in total. The van der Waals surface area contributed by atoms with Crippen molar-refractivity contribution in [3.8, 4) is 0 Å². The van der Waals surface area contributed by atoms with E-state index in [1.807, 2.05) is 0 Å². The Bertz CT molecular complexity index is 623. The topological polar surface area (TPSA) is 66.9 Å². The Morgan fingerprint density at radius 3 is 2.52 bits per heavy atom. The molecule has 108 valence electrons. The van der Waals surface area contributed by atoms with Gasteiger partial charge in [-0.15, -0.1) is 10.2 Å². The van der Waals surface area contributed by atoms with E-state index in [2.05, 4.69) is 20.8 Å². The van der Waals surface area contributed by atoms with Crippen LogP contribution in [0.15, 0.2) is 36.4 Å². The van der Waals surface area contributed by atoms with E-state index in [4.69, 9.17) is 0 Å². The van der Waals surface area contributed by atoms with Crippen molar-refractivity contribution in [3.05, 3.63) is 53.5 Å². The van der Waals surface area contributed by atoms with Gasteiger partial charge in [0.15, 0.2) is 5.69 Å². The highest BCUT2D eigenvalue weighted by molar-refractivity contribution is 5.92. The summed E-state index contributed by atoms with van der Waals surface area (Å²) in [5.41, 5.74) is 1.25. The fourth-order valence-corrected chi connectivity index (χ4v) is 1.83. The molecule has 0 bridgehead atoms. The van der Waals surface area contributed by atoms with E-state index in [9.17, 15) is 9.18 Å². The molecular weight excluding hydrogens is 271 g/mol. The van der Waals surface area contributed by atoms with Crippen LogP contribution in [0.3, 0.4) is 0 Å². The Hall–Kier alpha value is -2.50. The molecule has 0 atom stereocenters. The van der Waals surface area contributed by atoms with Gasteiger partial charge in [0.25, 0.3) is 5.91 Å². The first-order chi connectivity index (χ1) is 10.2. The molecule has 1 aromatic carbocycles. The zero-order chi connectivity index (χ0) is 14.7. The van der Waals surface area contributed by atoms with Crippen LogP contribution in [0, 0.1) is 5.82 Å². The zero-order valence-electron chi connectivity index (χ0n) is 11.3. The molecule has 1 amide bonds. The second kappa shape index (κ2) is 5.87. The normalized spacial score (nSPS) is 13.8. The maximum absolute atomic E-state index is 12.8. The minimum absolute atomic E-state index is 0.185. The maximum Gasteiger partial charge on any atom is 0.272 e. The predicted octanol–water partition coefficient (Wildman–Crippen LogP) is 2.12. The van der Waals surface area contributed by atoms with Crippen molar-refractivity contribution in [2.45, 2.75) is 25.4 Å². The molecule has 2 aromatic rings. The molecule has 0 radical (unpaired) electrons. The Kier molecular flexibility index (Phi) is 3.77. The fraction of sp³-hybridized carbons (Fsp3) is 0.267. The molecule has 1 fully saturated rings. The number of nitrogens with zero attached hydrogens (tertiary/aromatic N) is 2. The van der Waals surface area contributed by atoms with E-state index in [1.54, 1.807) is 24.3 Å². The molecule has 0 spiro atoms. The summed E-state index contributed by atoms with van der Waals surface area (Å²) < 4.78 is 12.8. The molecular formula is C15H15FN4O.